The van der Waals surface area contributed by atoms with Gasteiger partial charge in [0.25, 0.3) is 0 Å². The van der Waals surface area contributed by atoms with E-state index >= 15 is 0 Å². The van der Waals surface area contributed by atoms with E-state index in [1.165, 1.54) is 19.3 Å². The fourth-order valence-electron chi connectivity index (χ4n) is 2.73. The molecule has 4 heteroatoms. The van der Waals surface area contributed by atoms with Crippen molar-refractivity contribution >= 4 is 11.8 Å². The number of hydrogen-bond donors (Lipinski definition) is 0. The molecule has 0 aromatic rings. The van der Waals surface area contributed by atoms with Crippen LogP contribution in [-0.4, -0.2) is 41.9 Å². The van der Waals surface area contributed by atoms with Gasteiger partial charge in [0.15, 0.2) is 5.90 Å². The van der Waals surface area contributed by atoms with Gasteiger partial charge in [-0.25, -0.2) is 0 Å². The minimum absolute atomic E-state index is 0.0770. The van der Waals surface area contributed by atoms with Crippen LogP contribution in [0.4, 0.5) is 0 Å². The second kappa shape index (κ2) is 12.3. The van der Waals surface area contributed by atoms with Gasteiger partial charge in [-0.3, -0.25) is 9.79 Å². The third kappa shape index (κ3) is 8.55. The molecule has 0 aromatic carbocycles. The number of likely N-dealkylation sites (tertiary alicyclic amines) is 1. The summed E-state index contributed by atoms with van der Waals surface area (Å²) in [5.41, 5.74) is 0.226. The first-order chi connectivity index (χ1) is 12.2. The zero-order valence-corrected chi connectivity index (χ0v) is 18.8. The van der Waals surface area contributed by atoms with Crippen LogP contribution in [0, 0.1) is 5.41 Å². The molecule has 2 heterocycles. The number of ether oxygens (including phenoxy) is 1. The molecule has 0 spiro atoms. The molecule has 0 unspecified atom stereocenters. The maximum Gasteiger partial charge on any atom is 0.223 e. The second-order valence-corrected chi connectivity index (χ2v) is 8.44. The standard InChI is InChI=1S/C9H17NO.C8H15NO.C5H12/c1-4-9(2,3)10-7-5-6-8(10)11;1-4-8(2,3)7-9-5-6-10-7;1-3-5-4-2/h4-7H2,1-3H3;4-6H2,1-3H3;3-5H2,1-2H3. The number of hydrogen-bond acceptors (Lipinski definition) is 3. The van der Waals surface area contributed by atoms with E-state index in [9.17, 15) is 4.79 Å². The van der Waals surface area contributed by atoms with Gasteiger partial charge in [0.1, 0.15) is 6.61 Å². The van der Waals surface area contributed by atoms with Crippen LogP contribution in [0.2, 0.25) is 0 Å². The Morgan fingerprint density at radius 3 is 1.96 bits per heavy atom. The summed E-state index contributed by atoms with van der Waals surface area (Å²) in [5, 5.41) is 0. The van der Waals surface area contributed by atoms with Gasteiger partial charge in [0.05, 0.1) is 6.54 Å². The Balaban J connectivity index is 0.000000387. The van der Waals surface area contributed by atoms with E-state index < -0.39 is 0 Å². The van der Waals surface area contributed by atoms with Gasteiger partial charge in [-0.1, -0.05) is 60.8 Å². The van der Waals surface area contributed by atoms with Crippen molar-refractivity contribution in [2.24, 2.45) is 10.4 Å². The van der Waals surface area contributed by atoms with Crippen LogP contribution in [0.1, 0.15) is 100 Å². The lowest BCUT2D eigenvalue weighted by atomic mass is 9.90. The summed E-state index contributed by atoms with van der Waals surface area (Å²) >= 11 is 0. The predicted molar refractivity (Wildman–Crippen MR) is 113 cm³/mol. The number of aliphatic imine (C=N–C) groups is 1. The summed E-state index contributed by atoms with van der Waals surface area (Å²) in [6.07, 6.45) is 8.00. The molecule has 2 rings (SSSR count). The Morgan fingerprint density at radius 1 is 1.04 bits per heavy atom. The molecule has 0 radical (unpaired) electrons. The van der Waals surface area contributed by atoms with E-state index in [-0.39, 0.29) is 11.0 Å². The van der Waals surface area contributed by atoms with E-state index in [0.717, 1.165) is 51.3 Å². The summed E-state index contributed by atoms with van der Waals surface area (Å²) in [6.45, 7) is 19.9. The molecule has 4 nitrogen and oxygen atoms in total. The van der Waals surface area contributed by atoms with Crippen LogP contribution in [0.5, 0.6) is 0 Å². The number of nitrogens with zero attached hydrogens (tertiary/aromatic N) is 2. The zero-order valence-electron chi connectivity index (χ0n) is 18.8. The molecule has 2 aliphatic rings. The average Bonchev–Trinajstić information content (AvgIpc) is 3.29. The maximum absolute atomic E-state index is 11.3. The Morgan fingerprint density at radius 2 is 1.65 bits per heavy atom. The fraction of sp³-hybridized carbons (Fsp3) is 0.909. The largest absolute Gasteiger partial charge is 0.479 e. The van der Waals surface area contributed by atoms with Crippen LogP contribution >= 0.6 is 0 Å². The monoisotopic (exact) mass is 368 g/mol. The van der Waals surface area contributed by atoms with Crippen molar-refractivity contribution in [1.82, 2.24) is 4.90 Å². The van der Waals surface area contributed by atoms with E-state index in [4.69, 9.17) is 4.74 Å². The predicted octanol–water partition coefficient (Wildman–Crippen LogP) is 5.85. The van der Waals surface area contributed by atoms with Gasteiger partial charge in [0.2, 0.25) is 5.91 Å². The average molecular weight is 369 g/mol. The van der Waals surface area contributed by atoms with E-state index in [1.807, 2.05) is 4.90 Å². The van der Waals surface area contributed by atoms with Crippen LogP contribution in [0.15, 0.2) is 4.99 Å². The third-order valence-corrected chi connectivity index (χ3v) is 5.42. The molecule has 26 heavy (non-hydrogen) atoms. The lowest BCUT2D eigenvalue weighted by molar-refractivity contribution is -0.132. The Hall–Kier alpha value is -1.06. The summed E-state index contributed by atoms with van der Waals surface area (Å²) in [7, 11) is 0. The van der Waals surface area contributed by atoms with Gasteiger partial charge in [-0.2, -0.15) is 0 Å². The van der Waals surface area contributed by atoms with Crippen LogP contribution in [0.3, 0.4) is 0 Å². The van der Waals surface area contributed by atoms with Gasteiger partial charge >= 0.3 is 0 Å². The highest BCUT2D eigenvalue weighted by atomic mass is 16.5. The molecule has 0 aromatic heterocycles. The van der Waals surface area contributed by atoms with Gasteiger partial charge in [0, 0.05) is 23.9 Å². The highest BCUT2D eigenvalue weighted by Gasteiger charge is 2.32. The number of rotatable bonds is 6. The molecule has 1 amide bonds. The van der Waals surface area contributed by atoms with Crippen molar-refractivity contribution in [2.75, 3.05) is 19.7 Å². The first-order valence-electron chi connectivity index (χ1n) is 10.6. The van der Waals surface area contributed by atoms with Crippen molar-refractivity contribution in [2.45, 2.75) is 106 Å². The molecule has 0 aliphatic carbocycles. The number of carbonyl (C=O) groups is 1. The highest BCUT2D eigenvalue weighted by Crippen LogP contribution is 2.25. The van der Waals surface area contributed by atoms with Crippen LogP contribution in [-0.2, 0) is 9.53 Å². The summed E-state index contributed by atoms with van der Waals surface area (Å²) in [6, 6.07) is 0. The Kier molecular flexibility index (Phi) is 11.8. The van der Waals surface area contributed by atoms with Gasteiger partial charge < -0.3 is 9.64 Å². The van der Waals surface area contributed by atoms with Crippen molar-refractivity contribution in [3.63, 3.8) is 0 Å². The molecular formula is C22H44N2O2. The van der Waals surface area contributed by atoms with E-state index in [1.54, 1.807) is 0 Å². The highest BCUT2D eigenvalue weighted by molar-refractivity contribution is 5.82. The van der Waals surface area contributed by atoms with Gasteiger partial charge in [-0.05, 0) is 33.1 Å². The van der Waals surface area contributed by atoms with Crippen molar-refractivity contribution in [3.8, 4) is 0 Å². The summed E-state index contributed by atoms with van der Waals surface area (Å²) in [5.74, 6) is 1.27. The topological polar surface area (TPSA) is 41.9 Å². The lowest BCUT2D eigenvalue weighted by Gasteiger charge is -2.34. The summed E-state index contributed by atoms with van der Waals surface area (Å²) < 4.78 is 5.36. The van der Waals surface area contributed by atoms with Crippen molar-refractivity contribution < 1.29 is 9.53 Å². The SMILES string of the molecule is CCC(C)(C)C1=NCCO1.CCC(C)(C)N1CCCC1=O.CCCCC. The lowest BCUT2D eigenvalue weighted by Crippen LogP contribution is -2.43. The quantitative estimate of drug-likeness (QED) is 0.590. The third-order valence-electron chi connectivity index (χ3n) is 5.42. The summed E-state index contributed by atoms with van der Waals surface area (Å²) in [4.78, 5) is 17.6. The normalized spacial score (nSPS) is 17.0. The number of carbonyl (C=O) groups excluding carboxylic acids is 1. The first-order valence-corrected chi connectivity index (χ1v) is 10.6. The molecule has 1 saturated heterocycles. The first kappa shape index (κ1) is 24.9. The van der Waals surface area contributed by atoms with E-state index in [2.05, 4.69) is 60.4 Å². The Labute approximate surface area is 162 Å². The minimum atomic E-state index is 0.0770. The molecule has 0 atom stereocenters. The number of unbranched alkanes of at least 4 members (excludes halogenated alkanes) is 2. The smallest absolute Gasteiger partial charge is 0.223 e. The molecule has 0 saturated carbocycles. The molecule has 154 valence electrons. The molecule has 2 aliphatic heterocycles. The van der Waals surface area contributed by atoms with Crippen LogP contribution in [0.25, 0.3) is 0 Å². The molecule has 0 N–H and O–H groups in total. The number of amides is 1. The van der Waals surface area contributed by atoms with Crippen molar-refractivity contribution in [1.29, 1.82) is 0 Å². The molecule has 0 bridgehead atoms. The zero-order chi connectivity index (χ0) is 20.2. The van der Waals surface area contributed by atoms with Crippen molar-refractivity contribution in [3.05, 3.63) is 0 Å². The van der Waals surface area contributed by atoms with Crippen LogP contribution < -0.4 is 0 Å². The molecule has 1 fully saturated rings. The molecular weight excluding hydrogens is 324 g/mol. The fourth-order valence-corrected chi connectivity index (χ4v) is 2.73. The Bertz CT molecular complexity index is 426. The maximum atomic E-state index is 11.3. The second-order valence-electron chi connectivity index (χ2n) is 8.44. The van der Waals surface area contributed by atoms with Gasteiger partial charge in [-0.15, -0.1) is 0 Å². The minimum Gasteiger partial charge on any atom is -0.479 e. The van der Waals surface area contributed by atoms with E-state index in [0.29, 0.717) is 5.91 Å².